The van der Waals surface area contributed by atoms with Crippen molar-refractivity contribution in [3.63, 3.8) is 0 Å². The van der Waals surface area contributed by atoms with E-state index >= 15 is 0 Å². The molecule has 12 heteroatoms. The second-order valence-electron chi connectivity index (χ2n) is 29.0. The Kier molecular flexibility index (Phi) is 18.4. The molecule has 0 N–H and O–H groups in total. The quantitative estimate of drug-likeness (QED) is 0.104. The highest BCUT2D eigenvalue weighted by molar-refractivity contribution is 7.27. The number of hydrogen-bond acceptors (Lipinski definition) is 12. The van der Waals surface area contributed by atoms with Crippen molar-refractivity contribution in [3.05, 3.63) is 401 Å². The van der Waals surface area contributed by atoms with Crippen molar-refractivity contribution < 1.29 is 0 Å². The second-order valence-corrected chi connectivity index (χ2v) is 31.1. The van der Waals surface area contributed by atoms with E-state index in [0.29, 0.717) is 34.9 Å². The van der Waals surface area contributed by atoms with Crippen LogP contribution in [0.25, 0.3) is 220 Å². The van der Waals surface area contributed by atoms with Gasteiger partial charge in [-0.1, -0.05) is 340 Å². The Morgan fingerprint density at radius 2 is 0.432 bits per heavy atom. The van der Waals surface area contributed by atoms with E-state index in [1.807, 2.05) is 104 Å². The number of hydrogen-bond donors (Lipinski definition) is 0. The summed E-state index contributed by atoms with van der Waals surface area (Å²) in [4.78, 5) is 49.0. The molecule has 0 aliphatic carbocycles. The molecule has 0 unspecified atom stereocenters. The molecule has 10 nitrogen and oxygen atoms in total. The van der Waals surface area contributed by atoms with Crippen LogP contribution in [0.1, 0.15) is 0 Å². The maximum Gasteiger partial charge on any atom is 0.164 e. The number of pyridine rings is 4. The van der Waals surface area contributed by atoms with Crippen molar-refractivity contribution in [3.8, 4) is 158 Å². The van der Waals surface area contributed by atoms with Gasteiger partial charge in [-0.25, -0.2) is 39.9 Å². The lowest BCUT2D eigenvalue weighted by Crippen LogP contribution is -2.00. The SMILES string of the molecule is c1ccc(-c2ccc(-c3nc(-c4ccccc4)nc(-c4ccc(-c5ccc(-c6cccc(-c7nc8ccncc8c8c7sc7ccccc78)c6)cc5)cc4)n3)cc2)cc1.c1ccc(-c2ccc(-c3nc(-c4ccccc4)nc(-c4ccc(-c5ccc(-c6cccc(-c7nc8cnccc8c8c7sc7ccccc78)c6)cc5)cc4)n3)cc2)cc1. The van der Waals surface area contributed by atoms with Gasteiger partial charge in [0.15, 0.2) is 34.9 Å². The first kappa shape index (κ1) is 70.5. The molecule has 0 fully saturated rings. The van der Waals surface area contributed by atoms with Crippen molar-refractivity contribution in [2.24, 2.45) is 0 Å². The summed E-state index contributed by atoms with van der Waals surface area (Å²) in [7, 11) is 0. The largest absolute Gasteiger partial charge is 0.264 e. The van der Waals surface area contributed by atoms with Crippen LogP contribution in [0.5, 0.6) is 0 Å². The average Bonchev–Trinajstić information content (AvgIpc) is 1.52. The fraction of sp³-hybridized carbons (Fsp3) is 0. The zero-order valence-electron chi connectivity index (χ0n) is 63.4. The van der Waals surface area contributed by atoms with Crippen LogP contribution >= 0.6 is 22.7 Å². The normalized spacial score (nSPS) is 11.4. The van der Waals surface area contributed by atoms with E-state index in [-0.39, 0.29) is 0 Å². The van der Waals surface area contributed by atoms with Gasteiger partial charge in [-0.15, -0.1) is 22.7 Å². The van der Waals surface area contributed by atoms with Gasteiger partial charge in [-0.2, -0.15) is 0 Å². The summed E-state index contributed by atoms with van der Waals surface area (Å²) >= 11 is 3.60. The van der Waals surface area contributed by atoms with Crippen molar-refractivity contribution in [2.45, 2.75) is 0 Å². The summed E-state index contributed by atoms with van der Waals surface area (Å²) in [6, 6.07) is 131. The Hall–Kier alpha value is -15.3. The monoisotopic (exact) mass is 1540 g/mol. The molecule has 0 aliphatic heterocycles. The molecule has 8 aromatic heterocycles. The van der Waals surface area contributed by atoms with E-state index in [9.17, 15) is 0 Å². The molecule has 22 rings (SSSR count). The minimum atomic E-state index is 0.632. The van der Waals surface area contributed by atoms with Crippen LogP contribution in [0.2, 0.25) is 0 Å². The van der Waals surface area contributed by atoms with Crippen LogP contribution in [-0.4, -0.2) is 49.8 Å². The molecule has 0 aliphatic rings. The summed E-state index contributed by atoms with van der Waals surface area (Å²) in [5, 5.41) is 7.19. The number of thiophene rings is 2. The van der Waals surface area contributed by atoms with Crippen LogP contribution in [0.3, 0.4) is 0 Å². The van der Waals surface area contributed by atoms with Gasteiger partial charge in [-0.05, 0) is 103 Å². The highest BCUT2D eigenvalue weighted by Crippen LogP contribution is 2.46. The minimum Gasteiger partial charge on any atom is -0.264 e. The van der Waals surface area contributed by atoms with E-state index in [1.54, 1.807) is 22.7 Å². The van der Waals surface area contributed by atoms with E-state index in [4.69, 9.17) is 39.9 Å². The highest BCUT2D eigenvalue weighted by atomic mass is 32.1. The molecule has 22 aromatic rings. The molecule has 0 radical (unpaired) electrons. The summed E-state index contributed by atoms with van der Waals surface area (Å²) in [5.74, 6) is 3.82. The Bertz CT molecular complexity index is 7030. The number of aromatic nitrogens is 10. The highest BCUT2D eigenvalue weighted by Gasteiger charge is 2.22. The number of fused-ring (bicyclic) bond motifs is 10. The van der Waals surface area contributed by atoms with Crippen molar-refractivity contribution in [2.75, 3.05) is 0 Å². The number of benzene rings is 14. The minimum absolute atomic E-state index is 0.632. The van der Waals surface area contributed by atoms with Gasteiger partial charge in [0, 0.05) is 105 Å². The molecule has 0 amide bonds. The van der Waals surface area contributed by atoms with Crippen molar-refractivity contribution in [1.29, 1.82) is 0 Å². The van der Waals surface area contributed by atoms with E-state index in [2.05, 4.69) is 307 Å². The van der Waals surface area contributed by atoms with Gasteiger partial charge >= 0.3 is 0 Å². The third-order valence-electron chi connectivity index (χ3n) is 21.7. The third-order valence-corrected chi connectivity index (χ3v) is 24.1. The molecule has 14 aromatic carbocycles. The summed E-state index contributed by atoms with van der Waals surface area (Å²) in [6.07, 6.45) is 7.49. The fourth-order valence-electron chi connectivity index (χ4n) is 15.7. The molecule has 0 bridgehead atoms. The third kappa shape index (κ3) is 13.9. The Morgan fingerprint density at radius 3 is 0.805 bits per heavy atom. The first-order valence-corrected chi connectivity index (χ1v) is 40.7. The Morgan fingerprint density at radius 1 is 0.169 bits per heavy atom. The molecular weight excluding hydrogens is 1480 g/mol. The van der Waals surface area contributed by atoms with Crippen LogP contribution in [0, 0.1) is 0 Å². The maximum atomic E-state index is 5.20. The molecular formula is C106H66N10S2. The molecule has 0 atom stereocenters. The smallest absolute Gasteiger partial charge is 0.164 e. The zero-order valence-corrected chi connectivity index (χ0v) is 65.0. The summed E-state index contributed by atoms with van der Waals surface area (Å²) in [5.41, 5.74) is 25.4. The van der Waals surface area contributed by atoms with E-state index in [0.717, 1.165) is 133 Å². The van der Waals surface area contributed by atoms with E-state index in [1.165, 1.54) is 51.5 Å². The fourth-order valence-corrected chi connectivity index (χ4v) is 18.1. The molecule has 0 spiro atoms. The standard InChI is InChI=1S/2C53H33N5S/c1-3-10-34(11-4-1)35-22-26-40(27-23-35)52-56-51(39-12-5-2-6-13-39)57-53(58-52)41-28-24-37(25-29-41)36-18-20-38(21-19-36)42-14-9-15-43(32-42)49-50-48(44-30-31-54-33-46(44)55-49)45-16-7-8-17-47(45)59-50;1-3-10-34(11-4-1)35-22-26-40(27-23-35)52-56-51(39-12-5-2-6-13-39)57-53(58-52)41-28-24-37(25-29-41)36-18-20-38(21-19-36)42-14-9-15-43(32-42)49-50-48(44-16-7-8-17-47(44)59-50)45-33-54-31-30-46(45)55-49/h2*1-33H. The topological polar surface area (TPSA) is 129 Å². The Balaban J connectivity index is 0.000000147. The van der Waals surface area contributed by atoms with Crippen LogP contribution in [0.15, 0.2) is 401 Å². The predicted octanol–water partition coefficient (Wildman–Crippen LogP) is 27.7. The van der Waals surface area contributed by atoms with Gasteiger partial charge < -0.3 is 0 Å². The van der Waals surface area contributed by atoms with Gasteiger partial charge in [-0.3, -0.25) is 9.97 Å². The average molecular weight is 1540 g/mol. The van der Waals surface area contributed by atoms with Gasteiger partial charge in [0.1, 0.15) is 0 Å². The first-order valence-electron chi connectivity index (χ1n) is 39.1. The molecule has 552 valence electrons. The zero-order chi connectivity index (χ0) is 78.2. The predicted molar refractivity (Wildman–Crippen MR) is 488 cm³/mol. The van der Waals surface area contributed by atoms with Crippen LogP contribution < -0.4 is 0 Å². The summed E-state index contributed by atoms with van der Waals surface area (Å²) in [6.45, 7) is 0. The van der Waals surface area contributed by atoms with Crippen LogP contribution in [0.4, 0.5) is 0 Å². The van der Waals surface area contributed by atoms with Gasteiger partial charge in [0.05, 0.1) is 38.0 Å². The molecule has 8 heterocycles. The lowest BCUT2D eigenvalue weighted by Gasteiger charge is -2.10. The van der Waals surface area contributed by atoms with Gasteiger partial charge in [0.2, 0.25) is 0 Å². The summed E-state index contributed by atoms with van der Waals surface area (Å²) < 4.78 is 4.89. The van der Waals surface area contributed by atoms with Gasteiger partial charge in [0.25, 0.3) is 0 Å². The van der Waals surface area contributed by atoms with Crippen molar-refractivity contribution in [1.82, 2.24) is 49.8 Å². The molecule has 0 saturated heterocycles. The number of nitrogens with zero attached hydrogens (tertiary/aromatic N) is 10. The lowest BCUT2D eigenvalue weighted by molar-refractivity contribution is 1.07. The Labute approximate surface area is 688 Å². The number of rotatable bonds is 14. The second kappa shape index (κ2) is 30.9. The molecule has 118 heavy (non-hydrogen) atoms. The van der Waals surface area contributed by atoms with Crippen LogP contribution in [-0.2, 0) is 0 Å². The first-order chi connectivity index (χ1) is 58.4. The maximum absolute atomic E-state index is 5.20. The molecule has 0 saturated carbocycles. The van der Waals surface area contributed by atoms with E-state index < -0.39 is 0 Å². The van der Waals surface area contributed by atoms with Crippen molar-refractivity contribution >= 4 is 84.8 Å². The lowest BCUT2D eigenvalue weighted by atomic mass is 9.97.